The number of hydrogen-bond acceptors (Lipinski definition) is 4. The van der Waals surface area contributed by atoms with Gasteiger partial charge >= 0.3 is 5.97 Å². The van der Waals surface area contributed by atoms with E-state index in [1.807, 2.05) is 6.08 Å². The summed E-state index contributed by atoms with van der Waals surface area (Å²) in [5, 5.41) is 11.0. The Labute approximate surface area is 125 Å². The first-order valence-corrected chi connectivity index (χ1v) is 7.32. The molecule has 0 bridgehead atoms. The number of nitro groups is 1. The fourth-order valence-corrected chi connectivity index (χ4v) is 3.73. The molecule has 1 saturated carbocycles. The molecule has 0 saturated heterocycles. The van der Waals surface area contributed by atoms with Crippen LogP contribution < -0.4 is 0 Å². The van der Waals surface area contributed by atoms with Crippen LogP contribution in [-0.4, -0.2) is 23.0 Å². The predicted molar refractivity (Wildman–Crippen MR) is 79.3 cm³/mol. The molecule has 2 aliphatic carbocycles. The Morgan fingerprint density at radius 1 is 1.62 bits per heavy atom. The maximum absolute atomic E-state index is 12.1. The third-order valence-electron chi connectivity index (χ3n) is 4.40. The second kappa shape index (κ2) is 5.28. The normalized spacial score (nSPS) is 30.9. The van der Waals surface area contributed by atoms with Gasteiger partial charge in [0, 0.05) is 4.92 Å². The Bertz CT molecular complexity index is 503. The van der Waals surface area contributed by atoms with Crippen LogP contribution in [0.4, 0.5) is 0 Å². The van der Waals surface area contributed by atoms with Crippen molar-refractivity contribution in [1.82, 2.24) is 0 Å². The Kier molecular flexibility index (Phi) is 3.95. The van der Waals surface area contributed by atoms with Gasteiger partial charge in [-0.3, -0.25) is 14.9 Å². The zero-order valence-electron chi connectivity index (χ0n) is 12.9. The summed E-state index contributed by atoms with van der Waals surface area (Å²) in [6.45, 7) is 9.01. The lowest BCUT2D eigenvalue weighted by atomic mass is 9.53. The second-order valence-corrected chi connectivity index (χ2v) is 7.26. The average Bonchev–Trinajstić information content (AvgIpc) is 2.63. The van der Waals surface area contributed by atoms with E-state index in [0.29, 0.717) is 12.3 Å². The third-order valence-corrected chi connectivity index (χ3v) is 4.40. The predicted octanol–water partition coefficient (Wildman–Crippen LogP) is 3.13. The number of ether oxygens (including phenoxy) is 1. The molecule has 0 aliphatic heterocycles. The number of allylic oxidation sites excluding steroid dienone is 3. The van der Waals surface area contributed by atoms with Crippen molar-refractivity contribution >= 4 is 5.97 Å². The number of carbonyl (C=O) groups is 1. The van der Waals surface area contributed by atoms with E-state index >= 15 is 0 Å². The molecule has 2 aliphatic rings. The first-order valence-electron chi connectivity index (χ1n) is 7.32. The smallest absolute Gasteiger partial charge is 0.307 e. The van der Waals surface area contributed by atoms with Crippen LogP contribution in [0.15, 0.2) is 24.3 Å². The van der Waals surface area contributed by atoms with Crippen molar-refractivity contribution in [1.29, 1.82) is 0 Å². The molecule has 0 spiro atoms. The molecular formula is C16H23NO4. The first kappa shape index (κ1) is 15.7. The summed E-state index contributed by atoms with van der Waals surface area (Å²) in [6.07, 6.45) is 5.62. The van der Waals surface area contributed by atoms with Gasteiger partial charge in [-0.1, -0.05) is 24.3 Å². The molecular weight excluding hydrogens is 270 g/mol. The Balaban J connectivity index is 2.13. The van der Waals surface area contributed by atoms with Crippen LogP contribution in [0.5, 0.6) is 0 Å². The second-order valence-electron chi connectivity index (χ2n) is 7.26. The van der Waals surface area contributed by atoms with Gasteiger partial charge in [-0.25, -0.2) is 0 Å². The molecule has 3 atom stereocenters. The molecule has 0 radical (unpaired) electrons. The molecule has 0 N–H and O–H groups in total. The van der Waals surface area contributed by atoms with E-state index < -0.39 is 11.0 Å². The third kappa shape index (κ3) is 3.34. The van der Waals surface area contributed by atoms with Crippen molar-refractivity contribution in [3.63, 3.8) is 0 Å². The summed E-state index contributed by atoms with van der Waals surface area (Å²) in [5.41, 5.74) is -0.00542. The van der Waals surface area contributed by atoms with Crippen LogP contribution in [0.1, 0.15) is 40.0 Å². The van der Waals surface area contributed by atoms with Crippen LogP contribution >= 0.6 is 0 Å². The lowest BCUT2D eigenvalue weighted by molar-refractivity contribution is -0.506. The molecule has 116 valence electrons. The highest BCUT2D eigenvalue weighted by Gasteiger charge is 2.58. The molecule has 21 heavy (non-hydrogen) atoms. The summed E-state index contributed by atoms with van der Waals surface area (Å²) in [6, 6.07) is 0. The number of hydrogen-bond donors (Lipinski definition) is 0. The summed E-state index contributed by atoms with van der Waals surface area (Å²) in [7, 11) is 0. The maximum atomic E-state index is 12.1. The van der Waals surface area contributed by atoms with Gasteiger partial charge in [-0.15, -0.1) is 0 Å². The van der Waals surface area contributed by atoms with E-state index in [1.54, 1.807) is 20.8 Å². The van der Waals surface area contributed by atoms with E-state index in [0.717, 1.165) is 12.0 Å². The topological polar surface area (TPSA) is 69.4 Å². The molecule has 2 rings (SSSR count). The molecule has 0 aromatic heterocycles. The Morgan fingerprint density at radius 3 is 2.81 bits per heavy atom. The van der Waals surface area contributed by atoms with Crippen LogP contribution in [0.2, 0.25) is 0 Å². The highest BCUT2D eigenvalue weighted by molar-refractivity contribution is 5.71. The first-order chi connectivity index (χ1) is 9.65. The number of rotatable bonds is 5. The Morgan fingerprint density at radius 2 is 2.29 bits per heavy atom. The highest BCUT2D eigenvalue weighted by Crippen LogP contribution is 2.60. The van der Waals surface area contributed by atoms with E-state index in [1.165, 1.54) is 0 Å². The van der Waals surface area contributed by atoms with Gasteiger partial charge < -0.3 is 4.74 Å². The van der Waals surface area contributed by atoms with Crippen molar-refractivity contribution < 1.29 is 14.5 Å². The number of fused-ring (bicyclic) bond motifs is 1. The Hall–Kier alpha value is -1.65. The molecule has 0 amide bonds. The molecule has 0 aromatic carbocycles. The molecule has 0 aromatic rings. The lowest BCUT2D eigenvalue weighted by Gasteiger charge is -2.49. The molecule has 0 heterocycles. The van der Waals surface area contributed by atoms with Crippen LogP contribution in [0.3, 0.4) is 0 Å². The fourth-order valence-electron chi connectivity index (χ4n) is 3.73. The zero-order valence-corrected chi connectivity index (χ0v) is 12.9. The zero-order chi connectivity index (χ0) is 15.8. The van der Waals surface area contributed by atoms with Gasteiger partial charge in [-0.05, 0) is 45.4 Å². The number of carbonyl (C=O) groups excluding carboxylic acids is 1. The van der Waals surface area contributed by atoms with Gasteiger partial charge in [0.25, 0.3) is 0 Å². The minimum Gasteiger partial charge on any atom is -0.460 e. The van der Waals surface area contributed by atoms with Crippen molar-refractivity contribution in [2.24, 2.45) is 17.3 Å². The number of esters is 1. The standard InChI is InChI=1S/C16H23NO4/c1-5-11-6-12-8-16(10-17(19)20,13(12)7-11)9-14(18)21-15(2,3)4/h5,7,12-13H,1,6,8-10H2,2-4H3/t12-,13-,16-/m1/s1. The van der Waals surface area contributed by atoms with Crippen molar-refractivity contribution in [2.45, 2.75) is 45.6 Å². The van der Waals surface area contributed by atoms with Gasteiger partial charge in [0.05, 0.1) is 11.8 Å². The molecule has 1 fully saturated rings. The van der Waals surface area contributed by atoms with Crippen molar-refractivity contribution in [2.75, 3.05) is 6.54 Å². The number of nitrogens with zero attached hydrogens (tertiary/aromatic N) is 1. The van der Waals surface area contributed by atoms with E-state index in [2.05, 4.69) is 12.7 Å². The largest absolute Gasteiger partial charge is 0.460 e. The van der Waals surface area contributed by atoms with Crippen LogP contribution in [0.25, 0.3) is 0 Å². The van der Waals surface area contributed by atoms with E-state index in [4.69, 9.17) is 4.74 Å². The van der Waals surface area contributed by atoms with E-state index in [9.17, 15) is 14.9 Å². The van der Waals surface area contributed by atoms with Gasteiger partial charge in [0.2, 0.25) is 6.54 Å². The average molecular weight is 293 g/mol. The van der Waals surface area contributed by atoms with Gasteiger partial charge in [0.1, 0.15) is 5.60 Å². The van der Waals surface area contributed by atoms with Gasteiger partial charge in [0.15, 0.2) is 0 Å². The van der Waals surface area contributed by atoms with Crippen LogP contribution in [0, 0.1) is 27.4 Å². The minimum atomic E-state index is -0.582. The van der Waals surface area contributed by atoms with Crippen molar-refractivity contribution in [3.05, 3.63) is 34.4 Å². The fraction of sp³-hybridized carbons (Fsp3) is 0.688. The quantitative estimate of drug-likeness (QED) is 0.443. The highest BCUT2D eigenvalue weighted by atomic mass is 16.6. The lowest BCUT2D eigenvalue weighted by Crippen LogP contribution is -2.51. The summed E-state index contributed by atoms with van der Waals surface area (Å²) >= 11 is 0. The molecule has 5 nitrogen and oxygen atoms in total. The monoisotopic (exact) mass is 293 g/mol. The summed E-state index contributed by atoms with van der Waals surface area (Å²) in [4.78, 5) is 22.8. The van der Waals surface area contributed by atoms with Gasteiger partial charge in [-0.2, -0.15) is 0 Å². The van der Waals surface area contributed by atoms with Crippen molar-refractivity contribution in [3.8, 4) is 0 Å². The maximum Gasteiger partial charge on any atom is 0.307 e. The summed E-state index contributed by atoms with van der Waals surface area (Å²) < 4.78 is 5.35. The van der Waals surface area contributed by atoms with Crippen LogP contribution in [-0.2, 0) is 9.53 Å². The molecule has 5 heteroatoms. The minimum absolute atomic E-state index is 0.100. The van der Waals surface area contributed by atoms with E-state index in [-0.39, 0.29) is 29.8 Å². The SMILES string of the molecule is C=CC1=C[C@@H]2[C@H](C1)C[C@@]2(CC(=O)OC(C)(C)C)C[N+](=O)[O-]. The molecule has 0 unspecified atom stereocenters. The summed E-state index contributed by atoms with van der Waals surface area (Å²) in [5.74, 6) is 0.173.